The fourth-order valence-corrected chi connectivity index (χ4v) is 6.23. The molecule has 4 rings (SSSR count). The first kappa shape index (κ1) is 28.1. The Bertz CT molecular complexity index is 1610. The van der Waals surface area contributed by atoms with Gasteiger partial charge in [-0.3, -0.25) is 4.79 Å². The number of ether oxygens (including phenoxy) is 2. The molecule has 0 N–H and O–H groups in total. The predicted octanol–water partition coefficient (Wildman–Crippen LogP) is 7.00. The zero-order valence-electron chi connectivity index (χ0n) is 21.6. The van der Waals surface area contributed by atoms with E-state index in [0.29, 0.717) is 23.3 Å². The molecule has 0 spiro atoms. The average molecular weight is 731 g/mol. The van der Waals surface area contributed by atoms with E-state index in [2.05, 4.69) is 76.1 Å². The van der Waals surface area contributed by atoms with Crippen molar-refractivity contribution in [3.63, 3.8) is 0 Å². The van der Waals surface area contributed by atoms with Crippen LogP contribution in [0.4, 0.5) is 0 Å². The fourth-order valence-electron chi connectivity index (χ4n) is 4.11. The molecule has 0 amide bonds. The van der Waals surface area contributed by atoms with E-state index in [4.69, 9.17) is 20.9 Å². The third-order valence-electron chi connectivity index (χ3n) is 5.92. The molecule has 6 nitrogen and oxygen atoms in total. The summed E-state index contributed by atoms with van der Waals surface area (Å²) in [5.41, 5.74) is 4.04. The smallest absolute Gasteiger partial charge is 0.282 e. The molecule has 1 heterocycles. The van der Waals surface area contributed by atoms with Gasteiger partial charge in [0, 0.05) is 5.56 Å². The molecule has 0 atom stereocenters. The summed E-state index contributed by atoms with van der Waals surface area (Å²) in [4.78, 5) is 18.6. The Morgan fingerprint density at radius 3 is 2.50 bits per heavy atom. The van der Waals surface area contributed by atoms with E-state index in [-0.39, 0.29) is 18.1 Å². The molecule has 38 heavy (non-hydrogen) atoms. The van der Waals surface area contributed by atoms with Crippen LogP contribution in [0.5, 0.6) is 11.5 Å². The van der Waals surface area contributed by atoms with Crippen LogP contribution in [0.1, 0.15) is 43.4 Å². The van der Waals surface area contributed by atoms with Crippen molar-refractivity contribution in [2.75, 3.05) is 13.2 Å². The highest BCUT2D eigenvalue weighted by Crippen LogP contribution is 2.34. The Balaban J connectivity index is 1.91. The van der Waals surface area contributed by atoms with Crippen molar-refractivity contribution in [2.24, 2.45) is 5.10 Å². The molecule has 4 aromatic rings. The van der Waals surface area contributed by atoms with Gasteiger partial charge in [-0.25, -0.2) is 4.98 Å². The molecule has 0 fully saturated rings. The number of nitrogens with zero attached hydrogens (tertiary/aromatic N) is 3. The van der Waals surface area contributed by atoms with Gasteiger partial charge < -0.3 is 9.47 Å². The summed E-state index contributed by atoms with van der Waals surface area (Å²) in [7, 11) is 0. The summed E-state index contributed by atoms with van der Waals surface area (Å²) in [6.07, 6.45) is 7.02. The van der Waals surface area contributed by atoms with Crippen LogP contribution in [0.15, 0.2) is 58.4 Å². The zero-order chi connectivity index (χ0) is 27.4. The van der Waals surface area contributed by atoms with Gasteiger partial charge in [0.2, 0.25) is 0 Å². The summed E-state index contributed by atoms with van der Waals surface area (Å²) in [6, 6.07) is 15.3. The minimum Gasteiger partial charge on any atom is -0.494 e. The molecular formula is C30H27I2N3O3. The van der Waals surface area contributed by atoms with Gasteiger partial charge in [-0.05, 0) is 118 Å². The number of terminal acetylenes is 1. The molecule has 0 aliphatic carbocycles. The number of aromatic nitrogens is 2. The van der Waals surface area contributed by atoms with Gasteiger partial charge >= 0.3 is 0 Å². The highest BCUT2D eigenvalue weighted by Gasteiger charge is 2.18. The first-order chi connectivity index (χ1) is 18.2. The van der Waals surface area contributed by atoms with Crippen LogP contribution in [0, 0.1) is 26.4 Å². The largest absolute Gasteiger partial charge is 0.494 e. The Hall–Kier alpha value is -2.91. The van der Waals surface area contributed by atoms with E-state index in [1.807, 2.05) is 50.2 Å². The van der Waals surface area contributed by atoms with Crippen LogP contribution in [0.3, 0.4) is 0 Å². The van der Waals surface area contributed by atoms with Crippen molar-refractivity contribution in [1.29, 1.82) is 0 Å². The molecule has 3 aromatic carbocycles. The standard InChI is InChI=1S/C30H27I2N3O3/c1-6-12-38-28-24(31)14-20(15-25(28)32)17-33-35-29(34-26-11-9-8-10-21(26)30(35)36)23-16-22(18(3)4)27(37-7-2)13-19(23)5/h1,8-11,13-18H,7,12H2,2-5H3. The highest BCUT2D eigenvalue weighted by molar-refractivity contribution is 14.1. The number of hydrogen-bond acceptors (Lipinski definition) is 5. The lowest BCUT2D eigenvalue weighted by atomic mass is 9.96. The van der Waals surface area contributed by atoms with Crippen molar-refractivity contribution < 1.29 is 9.47 Å². The van der Waals surface area contributed by atoms with Crippen LogP contribution in [-0.4, -0.2) is 29.1 Å². The maximum atomic E-state index is 13.7. The SMILES string of the molecule is C#CCOc1c(I)cc(C=Nn2c(-c3cc(C(C)C)c(OCC)cc3C)nc3ccccc3c2=O)cc1I. The summed E-state index contributed by atoms with van der Waals surface area (Å²) in [6.45, 7) is 8.98. The van der Waals surface area contributed by atoms with E-state index in [1.54, 1.807) is 12.3 Å². The van der Waals surface area contributed by atoms with Crippen LogP contribution >= 0.6 is 45.2 Å². The average Bonchev–Trinajstić information content (AvgIpc) is 2.88. The zero-order valence-corrected chi connectivity index (χ0v) is 25.9. The molecule has 0 aliphatic heterocycles. The first-order valence-electron chi connectivity index (χ1n) is 12.1. The summed E-state index contributed by atoms with van der Waals surface area (Å²) >= 11 is 4.42. The van der Waals surface area contributed by atoms with Crippen molar-refractivity contribution in [3.8, 4) is 35.2 Å². The molecule has 0 unspecified atom stereocenters. The first-order valence-corrected chi connectivity index (χ1v) is 14.3. The molecule has 0 saturated heterocycles. The van der Waals surface area contributed by atoms with Crippen LogP contribution in [-0.2, 0) is 0 Å². The molecule has 0 bridgehead atoms. The second-order valence-corrected chi connectivity index (χ2v) is 11.2. The van der Waals surface area contributed by atoms with Gasteiger partial charge in [0.05, 0.1) is 30.9 Å². The van der Waals surface area contributed by atoms with Gasteiger partial charge in [0.25, 0.3) is 5.56 Å². The Morgan fingerprint density at radius 2 is 1.84 bits per heavy atom. The Kier molecular flexibility index (Phi) is 9.10. The predicted molar refractivity (Wildman–Crippen MR) is 171 cm³/mol. The summed E-state index contributed by atoms with van der Waals surface area (Å²) < 4.78 is 14.8. The number of aryl methyl sites for hydroxylation is 1. The van der Waals surface area contributed by atoms with Gasteiger partial charge in [0.15, 0.2) is 5.82 Å². The summed E-state index contributed by atoms with van der Waals surface area (Å²) in [5, 5.41) is 5.16. The molecule has 0 aliphatic rings. The number of halogens is 2. The van der Waals surface area contributed by atoms with Gasteiger partial charge in [-0.15, -0.1) is 6.42 Å². The van der Waals surface area contributed by atoms with E-state index < -0.39 is 0 Å². The van der Waals surface area contributed by atoms with E-state index in [0.717, 1.165) is 40.9 Å². The second kappa shape index (κ2) is 12.3. The van der Waals surface area contributed by atoms with E-state index in [9.17, 15) is 4.79 Å². The minimum absolute atomic E-state index is 0.195. The third-order valence-corrected chi connectivity index (χ3v) is 7.52. The highest BCUT2D eigenvalue weighted by atomic mass is 127. The van der Waals surface area contributed by atoms with Gasteiger partial charge in [0.1, 0.15) is 18.1 Å². The molecular weight excluding hydrogens is 704 g/mol. The number of rotatable bonds is 8. The quantitative estimate of drug-likeness (QED) is 0.111. The van der Waals surface area contributed by atoms with Crippen LogP contribution in [0.25, 0.3) is 22.3 Å². The van der Waals surface area contributed by atoms with Gasteiger partial charge in [-0.2, -0.15) is 9.78 Å². The number of benzene rings is 3. The Morgan fingerprint density at radius 1 is 1.13 bits per heavy atom. The van der Waals surface area contributed by atoms with Crippen molar-refractivity contribution >= 4 is 62.3 Å². The number of para-hydroxylation sites is 1. The van der Waals surface area contributed by atoms with E-state index in [1.165, 1.54) is 4.68 Å². The minimum atomic E-state index is -0.236. The van der Waals surface area contributed by atoms with Gasteiger partial charge in [-0.1, -0.05) is 31.9 Å². The normalized spacial score (nSPS) is 11.3. The van der Waals surface area contributed by atoms with Crippen molar-refractivity contribution in [3.05, 3.63) is 82.7 Å². The molecule has 8 heteroatoms. The lowest BCUT2D eigenvalue weighted by Gasteiger charge is -2.18. The lowest BCUT2D eigenvalue weighted by molar-refractivity contribution is 0.335. The number of fused-ring (bicyclic) bond motifs is 1. The third kappa shape index (κ3) is 5.89. The maximum absolute atomic E-state index is 13.7. The monoisotopic (exact) mass is 731 g/mol. The molecule has 194 valence electrons. The maximum Gasteiger partial charge on any atom is 0.282 e. The van der Waals surface area contributed by atoms with Crippen molar-refractivity contribution in [1.82, 2.24) is 9.66 Å². The molecule has 1 aromatic heterocycles. The lowest BCUT2D eigenvalue weighted by Crippen LogP contribution is -2.21. The van der Waals surface area contributed by atoms with Crippen LogP contribution < -0.4 is 15.0 Å². The van der Waals surface area contributed by atoms with E-state index >= 15 is 0 Å². The van der Waals surface area contributed by atoms with Crippen LogP contribution in [0.2, 0.25) is 0 Å². The second-order valence-electron chi connectivity index (χ2n) is 8.91. The molecule has 0 saturated carbocycles. The molecule has 0 radical (unpaired) electrons. The fraction of sp³-hybridized carbons (Fsp3) is 0.233. The summed E-state index contributed by atoms with van der Waals surface area (Å²) in [5.74, 6) is 4.77. The van der Waals surface area contributed by atoms with Crippen molar-refractivity contribution in [2.45, 2.75) is 33.6 Å². The number of hydrogen-bond donors (Lipinski definition) is 0. The topological polar surface area (TPSA) is 65.7 Å². The Labute approximate surface area is 249 Å².